The molecule has 0 amide bonds. The molecule has 1 aromatic rings. The van der Waals surface area contributed by atoms with E-state index in [1.807, 2.05) is 6.92 Å². The fourth-order valence-corrected chi connectivity index (χ4v) is 3.32. The summed E-state index contributed by atoms with van der Waals surface area (Å²) in [4.78, 5) is 1.85. The van der Waals surface area contributed by atoms with Crippen LogP contribution in [0.15, 0.2) is 12.1 Å². The number of nitrogens with zero attached hydrogens (tertiary/aromatic N) is 1. The summed E-state index contributed by atoms with van der Waals surface area (Å²) in [6.45, 7) is 0.258. The minimum Gasteiger partial charge on any atom is -0.395 e. The molecule has 3 N–H and O–H groups in total. The van der Waals surface area contributed by atoms with Crippen molar-refractivity contribution in [3.8, 4) is 0 Å². The summed E-state index contributed by atoms with van der Waals surface area (Å²) in [6, 6.07) is 2.26. The number of alkyl halides is 3. The molecule has 20 heavy (non-hydrogen) atoms. The summed E-state index contributed by atoms with van der Waals surface area (Å²) in [5.74, 6) is 0. The summed E-state index contributed by atoms with van der Waals surface area (Å²) in [5, 5.41) is 9.02. The van der Waals surface area contributed by atoms with Crippen LogP contribution in [0.4, 0.5) is 13.2 Å². The smallest absolute Gasteiger partial charge is 0.395 e. The van der Waals surface area contributed by atoms with Gasteiger partial charge in [-0.25, -0.2) is 0 Å². The van der Waals surface area contributed by atoms with Gasteiger partial charge < -0.3 is 10.8 Å². The molecule has 0 saturated heterocycles. The zero-order chi connectivity index (χ0) is 15.3. The fraction of sp³-hybridized carbons (Fsp3) is 0.667. The van der Waals surface area contributed by atoms with Gasteiger partial charge in [-0.3, -0.25) is 4.90 Å². The Kier molecular flexibility index (Phi) is 6.74. The van der Waals surface area contributed by atoms with Crippen LogP contribution in [0.1, 0.15) is 24.3 Å². The van der Waals surface area contributed by atoms with Crippen molar-refractivity contribution in [3.63, 3.8) is 0 Å². The van der Waals surface area contributed by atoms with Gasteiger partial charge in [0.2, 0.25) is 0 Å². The second-order valence-corrected chi connectivity index (χ2v) is 6.21. The summed E-state index contributed by atoms with van der Waals surface area (Å²) < 4.78 is 38.6. The van der Waals surface area contributed by atoms with Gasteiger partial charge in [-0.1, -0.05) is 18.5 Å². The Bertz CT molecular complexity index is 414. The third-order valence-corrected chi connectivity index (χ3v) is 4.23. The van der Waals surface area contributed by atoms with Crippen LogP contribution in [-0.4, -0.2) is 41.9 Å². The average Bonchev–Trinajstić information content (AvgIpc) is 2.74. The zero-order valence-electron chi connectivity index (χ0n) is 11.0. The number of aliphatic hydroxyl groups is 1. The van der Waals surface area contributed by atoms with Crippen LogP contribution in [0.25, 0.3) is 0 Å². The number of hydrogen-bond donors (Lipinski definition) is 2. The summed E-state index contributed by atoms with van der Waals surface area (Å²) in [6.07, 6.45) is -3.82. The van der Waals surface area contributed by atoms with E-state index in [-0.39, 0.29) is 13.2 Å². The molecule has 0 aliphatic carbocycles. The molecule has 0 fully saturated rings. The Morgan fingerprint density at radius 3 is 2.50 bits per heavy atom. The van der Waals surface area contributed by atoms with Gasteiger partial charge in [0.15, 0.2) is 0 Å². The van der Waals surface area contributed by atoms with Gasteiger partial charge in [-0.05, 0) is 18.6 Å². The highest BCUT2D eigenvalue weighted by Gasteiger charge is 2.36. The van der Waals surface area contributed by atoms with Crippen LogP contribution in [-0.2, 0) is 0 Å². The van der Waals surface area contributed by atoms with E-state index in [0.29, 0.717) is 15.6 Å². The predicted molar refractivity (Wildman–Crippen MR) is 75.1 cm³/mol. The number of halogens is 4. The molecular weight excluding hydrogens is 313 g/mol. The van der Waals surface area contributed by atoms with Crippen LogP contribution in [0.2, 0.25) is 4.34 Å². The first kappa shape index (κ1) is 17.7. The van der Waals surface area contributed by atoms with Crippen molar-refractivity contribution in [1.82, 2.24) is 4.90 Å². The normalized spacial score (nSPS) is 15.6. The van der Waals surface area contributed by atoms with Crippen LogP contribution in [0.3, 0.4) is 0 Å². The summed E-state index contributed by atoms with van der Waals surface area (Å²) in [7, 11) is 0. The highest BCUT2D eigenvalue weighted by Crippen LogP contribution is 2.34. The standard InChI is InChI=1S/C12H18ClF3N2OS/c1-2-8(17)11(9-3-4-10(13)20-9)18(5-6-19)7-12(14,15)16/h3-4,8,11,19H,2,5-7,17H2,1H3. The number of nitrogens with two attached hydrogens (primary N) is 1. The van der Waals surface area contributed by atoms with E-state index >= 15 is 0 Å². The number of thiophene rings is 1. The van der Waals surface area contributed by atoms with Crippen LogP contribution in [0, 0.1) is 0 Å². The topological polar surface area (TPSA) is 49.5 Å². The molecule has 2 unspecified atom stereocenters. The van der Waals surface area contributed by atoms with Gasteiger partial charge in [0.05, 0.1) is 23.5 Å². The van der Waals surface area contributed by atoms with Crippen molar-refractivity contribution in [2.24, 2.45) is 5.73 Å². The molecule has 0 aliphatic rings. The van der Waals surface area contributed by atoms with Crippen molar-refractivity contribution >= 4 is 22.9 Å². The highest BCUT2D eigenvalue weighted by atomic mass is 35.5. The van der Waals surface area contributed by atoms with Gasteiger partial charge in [0.1, 0.15) is 0 Å². The molecule has 0 saturated carbocycles. The van der Waals surface area contributed by atoms with E-state index in [2.05, 4.69) is 0 Å². The maximum absolute atomic E-state index is 12.7. The molecule has 0 spiro atoms. The number of rotatable bonds is 7. The SMILES string of the molecule is CCC(N)C(c1ccc(Cl)s1)N(CCO)CC(F)(F)F. The van der Waals surface area contributed by atoms with E-state index in [0.717, 1.165) is 4.90 Å². The van der Waals surface area contributed by atoms with E-state index < -0.39 is 24.8 Å². The molecular formula is C12H18ClF3N2OS. The van der Waals surface area contributed by atoms with E-state index in [1.54, 1.807) is 12.1 Å². The Balaban J connectivity index is 3.04. The van der Waals surface area contributed by atoms with Crippen molar-refractivity contribution in [1.29, 1.82) is 0 Å². The van der Waals surface area contributed by atoms with Gasteiger partial charge in [-0.2, -0.15) is 13.2 Å². The minimum absolute atomic E-state index is 0.0899. The largest absolute Gasteiger partial charge is 0.401 e. The van der Waals surface area contributed by atoms with Crippen molar-refractivity contribution in [2.45, 2.75) is 31.6 Å². The Morgan fingerprint density at radius 2 is 2.10 bits per heavy atom. The lowest BCUT2D eigenvalue weighted by atomic mass is 10.0. The molecule has 1 aromatic heterocycles. The molecule has 8 heteroatoms. The Labute approximate surface area is 125 Å². The Hall–Kier alpha value is -0.340. The van der Waals surface area contributed by atoms with Crippen LogP contribution < -0.4 is 5.73 Å². The molecule has 0 bridgehead atoms. The van der Waals surface area contributed by atoms with Crippen LogP contribution >= 0.6 is 22.9 Å². The minimum atomic E-state index is -4.35. The second-order valence-electron chi connectivity index (χ2n) is 4.47. The van der Waals surface area contributed by atoms with Gasteiger partial charge in [0.25, 0.3) is 0 Å². The van der Waals surface area contributed by atoms with E-state index in [4.69, 9.17) is 22.4 Å². The monoisotopic (exact) mass is 330 g/mol. The highest BCUT2D eigenvalue weighted by molar-refractivity contribution is 7.16. The van der Waals surface area contributed by atoms with Crippen molar-refractivity contribution in [3.05, 3.63) is 21.3 Å². The lowest BCUT2D eigenvalue weighted by Crippen LogP contribution is -2.45. The molecule has 1 heterocycles. The molecule has 3 nitrogen and oxygen atoms in total. The first-order chi connectivity index (χ1) is 9.28. The van der Waals surface area contributed by atoms with Gasteiger partial charge >= 0.3 is 6.18 Å². The lowest BCUT2D eigenvalue weighted by molar-refractivity contribution is -0.153. The zero-order valence-corrected chi connectivity index (χ0v) is 12.6. The van der Waals surface area contributed by atoms with E-state index in [1.165, 1.54) is 11.3 Å². The first-order valence-electron chi connectivity index (χ1n) is 6.21. The molecule has 116 valence electrons. The second kappa shape index (κ2) is 7.61. The average molecular weight is 331 g/mol. The maximum Gasteiger partial charge on any atom is 0.401 e. The van der Waals surface area contributed by atoms with Gasteiger partial charge in [0, 0.05) is 17.5 Å². The number of hydrogen-bond acceptors (Lipinski definition) is 4. The molecule has 1 rings (SSSR count). The predicted octanol–water partition coefficient (Wildman–Crippen LogP) is 3.04. The van der Waals surface area contributed by atoms with Crippen molar-refractivity contribution in [2.75, 3.05) is 19.7 Å². The van der Waals surface area contributed by atoms with Crippen LogP contribution in [0.5, 0.6) is 0 Å². The number of aliphatic hydroxyl groups excluding tert-OH is 1. The quantitative estimate of drug-likeness (QED) is 0.808. The maximum atomic E-state index is 12.7. The molecule has 2 atom stereocenters. The third-order valence-electron chi connectivity index (χ3n) is 2.93. The molecule has 0 aromatic carbocycles. The molecule has 0 radical (unpaired) electrons. The fourth-order valence-electron chi connectivity index (χ4n) is 2.05. The van der Waals surface area contributed by atoms with Gasteiger partial charge in [-0.15, -0.1) is 11.3 Å². The van der Waals surface area contributed by atoms with Crippen molar-refractivity contribution < 1.29 is 18.3 Å². The molecule has 0 aliphatic heterocycles. The lowest BCUT2D eigenvalue weighted by Gasteiger charge is -2.34. The first-order valence-corrected chi connectivity index (χ1v) is 7.40. The summed E-state index contributed by atoms with van der Waals surface area (Å²) >= 11 is 7.07. The third kappa shape index (κ3) is 5.21. The Morgan fingerprint density at radius 1 is 1.45 bits per heavy atom. The summed E-state index contributed by atoms with van der Waals surface area (Å²) in [5.41, 5.74) is 5.98. The van der Waals surface area contributed by atoms with E-state index in [9.17, 15) is 13.2 Å².